The van der Waals surface area contributed by atoms with Crippen molar-refractivity contribution < 1.29 is 4.74 Å². The first-order valence-electron chi connectivity index (χ1n) is 3.95. The first-order chi connectivity index (χ1) is 6.51. The van der Waals surface area contributed by atoms with Crippen LogP contribution in [0.3, 0.4) is 0 Å². The minimum atomic E-state index is 0.596. The SMILES string of the molecule is C#CC(=C)/C=C(Br)\C(C)=C\C(=C)OC. The van der Waals surface area contributed by atoms with Crippen molar-refractivity contribution in [1.82, 2.24) is 0 Å². The van der Waals surface area contributed by atoms with E-state index < -0.39 is 0 Å². The molecule has 0 amide bonds. The standard InChI is InChI=1S/C12H13BrO/c1-6-9(2)7-12(13)10(3)8-11(4)14-5/h1,7-8H,2,4H2,3,5H3/b10-8+,12-7+. The molecule has 0 aliphatic heterocycles. The van der Waals surface area contributed by atoms with E-state index in [1.165, 1.54) is 0 Å². The fourth-order valence-electron chi connectivity index (χ4n) is 0.678. The molecule has 14 heavy (non-hydrogen) atoms. The summed E-state index contributed by atoms with van der Waals surface area (Å²) in [5, 5.41) is 0. The van der Waals surface area contributed by atoms with E-state index >= 15 is 0 Å². The number of allylic oxidation sites excluding steroid dienone is 5. The summed E-state index contributed by atoms with van der Waals surface area (Å²) in [5.74, 6) is 3.03. The maximum Gasteiger partial charge on any atom is 0.112 e. The maximum absolute atomic E-state index is 5.17. The van der Waals surface area contributed by atoms with Crippen LogP contribution in [-0.4, -0.2) is 7.11 Å². The lowest BCUT2D eigenvalue weighted by Crippen LogP contribution is -1.83. The molecule has 0 saturated carbocycles. The number of hydrogen-bond donors (Lipinski definition) is 0. The van der Waals surface area contributed by atoms with E-state index in [1.54, 1.807) is 13.2 Å². The summed E-state index contributed by atoms with van der Waals surface area (Å²) < 4.78 is 5.79. The van der Waals surface area contributed by atoms with Gasteiger partial charge in [-0.2, -0.15) is 0 Å². The van der Waals surface area contributed by atoms with E-state index in [1.807, 2.05) is 13.0 Å². The molecule has 0 fully saturated rings. The molecule has 0 radical (unpaired) electrons. The van der Waals surface area contributed by atoms with Crippen molar-refractivity contribution >= 4 is 15.9 Å². The number of rotatable bonds is 4. The van der Waals surface area contributed by atoms with Gasteiger partial charge in [-0.25, -0.2) is 0 Å². The van der Waals surface area contributed by atoms with Gasteiger partial charge < -0.3 is 4.74 Å². The first kappa shape index (κ1) is 12.8. The maximum atomic E-state index is 5.17. The van der Waals surface area contributed by atoms with E-state index in [0.717, 1.165) is 10.1 Å². The lowest BCUT2D eigenvalue weighted by atomic mass is 10.2. The van der Waals surface area contributed by atoms with Gasteiger partial charge in [0.05, 0.1) is 7.11 Å². The Morgan fingerprint density at radius 1 is 1.43 bits per heavy atom. The molecule has 0 saturated heterocycles. The van der Waals surface area contributed by atoms with Gasteiger partial charge in [-0.05, 0) is 24.6 Å². The molecule has 0 N–H and O–H groups in total. The van der Waals surface area contributed by atoms with E-state index in [-0.39, 0.29) is 0 Å². The van der Waals surface area contributed by atoms with Crippen LogP contribution in [-0.2, 0) is 4.74 Å². The second kappa shape index (κ2) is 6.28. The van der Waals surface area contributed by atoms with Crippen LogP contribution < -0.4 is 0 Å². The fourth-order valence-corrected chi connectivity index (χ4v) is 1.07. The Morgan fingerprint density at radius 2 is 2.00 bits per heavy atom. The zero-order chi connectivity index (χ0) is 11.1. The largest absolute Gasteiger partial charge is 0.497 e. The number of ether oxygens (including phenoxy) is 1. The highest BCUT2D eigenvalue weighted by molar-refractivity contribution is 9.12. The third-order valence-electron chi connectivity index (χ3n) is 1.50. The molecule has 0 aromatic carbocycles. The Labute approximate surface area is 94.0 Å². The Morgan fingerprint density at radius 3 is 2.43 bits per heavy atom. The van der Waals surface area contributed by atoms with Crippen LogP contribution in [0.25, 0.3) is 0 Å². The fraction of sp³-hybridized carbons (Fsp3) is 0.167. The van der Waals surface area contributed by atoms with Crippen LogP contribution >= 0.6 is 15.9 Å². The second-order valence-corrected chi connectivity index (χ2v) is 3.51. The minimum absolute atomic E-state index is 0.596. The lowest BCUT2D eigenvalue weighted by molar-refractivity contribution is 0.308. The average molecular weight is 253 g/mol. The van der Waals surface area contributed by atoms with Crippen LogP contribution in [0.4, 0.5) is 0 Å². The molecule has 0 unspecified atom stereocenters. The van der Waals surface area contributed by atoms with Crippen molar-refractivity contribution in [2.24, 2.45) is 0 Å². The summed E-state index contributed by atoms with van der Waals surface area (Å²) in [4.78, 5) is 0. The van der Waals surface area contributed by atoms with Crippen LogP contribution in [0, 0.1) is 12.3 Å². The van der Waals surface area contributed by atoms with Crippen LogP contribution in [0.1, 0.15) is 6.92 Å². The zero-order valence-electron chi connectivity index (χ0n) is 8.43. The molecule has 74 valence electrons. The smallest absolute Gasteiger partial charge is 0.112 e. The number of hydrogen-bond acceptors (Lipinski definition) is 1. The van der Waals surface area contributed by atoms with E-state index in [4.69, 9.17) is 11.2 Å². The average Bonchev–Trinajstić information content (AvgIpc) is 2.17. The summed E-state index contributed by atoms with van der Waals surface area (Å²) in [5.41, 5.74) is 1.60. The molecule has 2 heteroatoms. The van der Waals surface area contributed by atoms with Crippen molar-refractivity contribution in [3.63, 3.8) is 0 Å². The van der Waals surface area contributed by atoms with Gasteiger partial charge in [-0.3, -0.25) is 0 Å². The third-order valence-corrected chi connectivity index (χ3v) is 2.36. The van der Waals surface area contributed by atoms with Gasteiger partial charge in [0.25, 0.3) is 0 Å². The predicted molar refractivity (Wildman–Crippen MR) is 64.9 cm³/mol. The Hall–Kier alpha value is -1.20. The minimum Gasteiger partial charge on any atom is -0.497 e. The molecule has 0 atom stereocenters. The van der Waals surface area contributed by atoms with E-state index in [9.17, 15) is 0 Å². The van der Waals surface area contributed by atoms with Gasteiger partial charge in [0.15, 0.2) is 0 Å². The molecule has 0 spiro atoms. The van der Waals surface area contributed by atoms with Crippen molar-refractivity contribution in [2.45, 2.75) is 6.92 Å². The van der Waals surface area contributed by atoms with Crippen molar-refractivity contribution in [1.29, 1.82) is 0 Å². The van der Waals surface area contributed by atoms with E-state index in [0.29, 0.717) is 11.3 Å². The molecule has 0 aromatic heterocycles. The quantitative estimate of drug-likeness (QED) is 0.423. The first-order valence-corrected chi connectivity index (χ1v) is 4.74. The monoisotopic (exact) mass is 252 g/mol. The van der Waals surface area contributed by atoms with Crippen LogP contribution in [0.2, 0.25) is 0 Å². The molecule has 0 rings (SSSR count). The number of halogens is 1. The molecule has 1 nitrogen and oxygen atoms in total. The molecule has 0 aromatic rings. The Kier molecular flexibility index (Phi) is 5.74. The van der Waals surface area contributed by atoms with Gasteiger partial charge in [-0.15, -0.1) is 6.42 Å². The Bertz CT molecular complexity index is 340. The number of terminal acetylenes is 1. The molecule has 0 aliphatic rings. The predicted octanol–water partition coefficient (Wildman–Crippen LogP) is 3.56. The summed E-state index contributed by atoms with van der Waals surface area (Å²) in [6.07, 6.45) is 8.75. The van der Waals surface area contributed by atoms with Crippen molar-refractivity contribution in [3.05, 3.63) is 46.7 Å². The molecular formula is C12H13BrO. The zero-order valence-corrected chi connectivity index (χ0v) is 10.0. The summed E-state index contributed by atoms with van der Waals surface area (Å²) in [6, 6.07) is 0. The highest BCUT2D eigenvalue weighted by Crippen LogP contribution is 2.19. The van der Waals surface area contributed by atoms with Crippen molar-refractivity contribution in [2.75, 3.05) is 7.11 Å². The van der Waals surface area contributed by atoms with Gasteiger partial charge >= 0.3 is 0 Å². The van der Waals surface area contributed by atoms with E-state index in [2.05, 4.69) is 35.0 Å². The van der Waals surface area contributed by atoms with Gasteiger partial charge in [0, 0.05) is 10.1 Å². The van der Waals surface area contributed by atoms with Crippen LogP contribution in [0.5, 0.6) is 0 Å². The lowest BCUT2D eigenvalue weighted by Gasteiger charge is -2.01. The summed E-state index contributed by atoms with van der Waals surface area (Å²) >= 11 is 3.38. The highest BCUT2D eigenvalue weighted by atomic mass is 79.9. The Balaban J connectivity index is 4.71. The highest BCUT2D eigenvalue weighted by Gasteiger charge is 1.96. The third kappa shape index (κ3) is 4.74. The number of methoxy groups -OCH3 is 1. The van der Waals surface area contributed by atoms with Gasteiger partial charge in [0.1, 0.15) is 5.76 Å². The molecule has 0 heterocycles. The molecular weight excluding hydrogens is 240 g/mol. The summed E-state index contributed by atoms with van der Waals surface area (Å²) in [7, 11) is 1.57. The van der Waals surface area contributed by atoms with Crippen molar-refractivity contribution in [3.8, 4) is 12.3 Å². The van der Waals surface area contributed by atoms with Gasteiger partial charge in [0.2, 0.25) is 0 Å². The second-order valence-electron chi connectivity index (χ2n) is 2.66. The normalized spacial score (nSPS) is 11.9. The summed E-state index contributed by atoms with van der Waals surface area (Å²) in [6.45, 7) is 9.28. The van der Waals surface area contributed by atoms with Gasteiger partial charge in [-0.1, -0.05) is 35.0 Å². The molecule has 0 aliphatic carbocycles. The molecule has 0 bridgehead atoms. The van der Waals surface area contributed by atoms with Crippen LogP contribution in [0.15, 0.2) is 46.7 Å². The topological polar surface area (TPSA) is 9.23 Å².